The molecule has 0 N–H and O–H groups in total. The molecule has 10 heteroatoms. The Morgan fingerprint density at radius 3 is 2.77 bits per heavy atom. The lowest BCUT2D eigenvalue weighted by Gasteiger charge is -2.37. The van der Waals surface area contributed by atoms with Crippen LogP contribution < -0.4 is 0 Å². The highest BCUT2D eigenvalue weighted by molar-refractivity contribution is 7.10. The summed E-state index contributed by atoms with van der Waals surface area (Å²) in [7, 11) is 1.86. The van der Waals surface area contributed by atoms with E-state index in [0.29, 0.717) is 6.54 Å². The van der Waals surface area contributed by atoms with E-state index in [-0.39, 0.29) is 29.2 Å². The van der Waals surface area contributed by atoms with Crippen molar-refractivity contribution in [2.75, 3.05) is 6.54 Å². The first kappa shape index (κ1) is 19.6. The van der Waals surface area contributed by atoms with E-state index in [0.717, 1.165) is 27.4 Å². The van der Waals surface area contributed by atoms with E-state index in [1.165, 1.54) is 17.8 Å². The van der Waals surface area contributed by atoms with Crippen LogP contribution in [-0.2, 0) is 7.05 Å². The van der Waals surface area contributed by atoms with Crippen LogP contribution in [0.5, 0.6) is 0 Å². The number of hydrogen-bond acceptors (Lipinski definition) is 5. The van der Waals surface area contributed by atoms with E-state index >= 15 is 0 Å². The van der Waals surface area contributed by atoms with Gasteiger partial charge in [-0.3, -0.25) is 9.48 Å². The van der Waals surface area contributed by atoms with Crippen molar-refractivity contribution in [2.24, 2.45) is 7.05 Å². The summed E-state index contributed by atoms with van der Waals surface area (Å²) < 4.78 is 29.0. The van der Waals surface area contributed by atoms with Crippen LogP contribution in [0.4, 0.5) is 8.78 Å². The molecule has 158 valence electrons. The first-order valence-corrected chi connectivity index (χ1v) is 10.5. The van der Waals surface area contributed by atoms with Gasteiger partial charge in [-0.2, -0.15) is 10.2 Å². The molecule has 0 spiro atoms. The van der Waals surface area contributed by atoms with Gasteiger partial charge in [-0.05, 0) is 41.6 Å². The molecule has 0 saturated carbocycles. The third-order valence-corrected chi connectivity index (χ3v) is 6.66. The molecule has 1 aromatic carbocycles. The van der Waals surface area contributed by atoms with Gasteiger partial charge in [-0.1, -0.05) is 0 Å². The predicted molar refractivity (Wildman–Crippen MR) is 110 cm³/mol. The minimum atomic E-state index is -0.805. The topological polar surface area (TPSA) is 68.8 Å². The molecule has 4 heterocycles. The average molecular weight is 440 g/mol. The van der Waals surface area contributed by atoms with E-state index in [4.69, 9.17) is 0 Å². The fraction of sp³-hybridized carbons (Fsp3) is 0.238. The van der Waals surface area contributed by atoms with Crippen molar-refractivity contribution < 1.29 is 13.6 Å². The standard InChI is InChI=1S/C21H18F2N6OS/c1-12-20-15(5-6-31-20)16(13-8-24-27(2)10-13)11-28(12)21(30)18-9-25-29(26-18)19-4-3-14(22)7-17(19)23/h3-10,12,16H,11H2,1-2H3. The second-order valence-electron chi connectivity index (χ2n) is 7.49. The lowest BCUT2D eigenvalue weighted by molar-refractivity contribution is 0.0663. The van der Waals surface area contributed by atoms with E-state index in [9.17, 15) is 13.6 Å². The number of carbonyl (C=O) groups is 1. The Hall–Kier alpha value is -3.40. The van der Waals surface area contributed by atoms with E-state index in [1.54, 1.807) is 20.9 Å². The number of fused-ring (bicyclic) bond motifs is 1. The summed E-state index contributed by atoms with van der Waals surface area (Å²) in [6, 6.07) is 5.07. The number of aryl methyl sites for hydroxylation is 1. The molecule has 0 saturated heterocycles. The molecule has 1 aliphatic rings. The molecule has 5 rings (SSSR count). The predicted octanol–water partition coefficient (Wildman–Crippen LogP) is 3.69. The Morgan fingerprint density at radius 1 is 1.19 bits per heavy atom. The van der Waals surface area contributed by atoms with Crippen LogP contribution in [0.15, 0.2) is 48.2 Å². The molecule has 3 aromatic heterocycles. The van der Waals surface area contributed by atoms with Gasteiger partial charge in [0, 0.05) is 36.7 Å². The summed E-state index contributed by atoms with van der Waals surface area (Å²) in [4.78, 5) is 17.2. The molecular formula is C21H18F2N6OS. The highest BCUT2D eigenvalue weighted by Crippen LogP contribution is 2.42. The third kappa shape index (κ3) is 3.32. The highest BCUT2D eigenvalue weighted by atomic mass is 32.1. The maximum atomic E-state index is 14.1. The van der Waals surface area contributed by atoms with Crippen LogP contribution in [0.25, 0.3) is 5.69 Å². The molecule has 1 amide bonds. The Labute approximate surface area is 180 Å². The maximum absolute atomic E-state index is 14.1. The van der Waals surface area contributed by atoms with E-state index in [2.05, 4.69) is 21.4 Å². The van der Waals surface area contributed by atoms with Crippen LogP contribution in [0.2, 0.25) is 0 Å². The van der Waals surface area contributed by atoms with Crippen molar-refractivity contribution in [1.29, 1.82) is 0 Å². The van der Waals surface area contributed by atoms with Gasteiger partial charge in [0.2, 0.25) is 0 Å². The molecule has 0 radical (unpaired) electrons. The summed E-state index contributed by atoms with van der Waals surface area (Å²) in [5.74, 6) is -1.80. The van der Waals surface area contributed by atoms with Crippen LogP contribution in [0.3, 0.4) is 0 Å². The molecule has 4 aromatic rings. The Balaban J connectivity index is 1.47. The number of amides is 1. The second-order valence-corrected chi connectivity index (χ2v) is 8.44. The summed E-state index contributed by atoms with van der Waals surface area (Å²) in [6.07, 6.45) is 5.08. The number of carbonyl (C=O) groups excluding carboxylic acids is 1. The van der Waals surface area contributed by atoms with Crippen molar-refractivity contribution in [3.63, 3.8) is 0 Å². The molecule has 2 unspecified atom stereocenters. The number of aromatic nitrogens is 5. The number of hydrogen-bond donors (Lipinski definition) is 0. The monoisotopic (exact) mass is 440 g/mol. The minimum absolute atomic E-state index is 0.000289. The fourth-order valence-electron chi connectivity index (χ4n) is 3.98. The minimum Gasteiger partial charge on any atom is -0.329 e. The number of rotatable bonds is 3. The zero-order valence-corrected chi connectivity index (χ0v) is 17.6. The average Bonchev–Trinajstić information content (AvgIpc) is 3.48. The summed E-state index contributed by atoms with van der Waals surface area (Å²) >= 11 is 1.61. The van der Waals surface area contributed by atoms with Gasteiger partial charge in [-0.25, -0.2) is 8.78 Å². The van der Waals surface area contributed by atoms with Gasteiger partial charge in [-0.15, -0.1) is 21.2 Å². The SMILES string of the molecule is CC1c2sccc2C(c2cnn(C)c2)CN1C(=O)c1cnn(-c2ccc(F)cc2F)n1. The Kier molecular flexibility index (Phi) is 4.66. The van der Waals surface area contributed by atoms with Gasteiger partial charge in [0.1, 0.15) is 11.5 Å². The summed E-state index contributed by atoms with van der Waals surface area (Å²) in [6.45, 7) is 2.45. The molecular weight excluding hydrogens is 422 g/mol. The molecule has 0 fully saturated rings. The maximum Gasteiger partial charge on any atom is 0.276 e. The number of thiophene rings is 1. The van der Waals surface area contributed by atoms with Crippen molar-refractivity contribution in [3.8, 4) is 5.69 Å². The van der Waals surface area contributed by atoms with Crippen molar-refractivity contribution in [3.05, 3.63) is 81.6 Å². The molecule has 2 atom stereocenters. The van der Waals surface area contributed by atoms with Gasteiger partial charge < -0.3 is 4.90 Å². The van der Waals surface area contributed by atoms with Gasteiger partial charge in [0.05, 0.1) is 18.4 Å². The largest absolute Gasteiger partial charge is 0.329 e. The number of benzene rings is 1. The van der Waals surface area contributed by atoms with E-state index in [1.807, 2.05) is 31.7 Å². The van der Waals surface area contributed by atoms with Crippen LogP contribution in [0, 0.1) is 11.6 Å². The molecule has 1 aliphatic heterocycles. The number of halogens is 2. The normalized spacial score (nSPS) is 18.3. The van der Waals surface area contributed by atoms with Gasteiger partial charge >= 0.3 is 0 Å². The van der Waals surface area contributed by atoms with Gasteiger partial charge in [0.25, 0.3) is 5.91 Å². The molecule has 7 nitrogen and oxygen atoms in total. The molecule has 0 aliphatic carbocycles. The second kappa shape index (κ2) is 7.38. The first-order valence-electron chi connectivity index (χ1n) is 9.67. The smallest absolute Gasteiger partial charge is 0.276 e. The lowest BCUT2D eigenvalue weighted by atomic mass is 9.87. The summed E-state index contributed by atoms with van der Waals surface area (Å²) in [5.41, 5.74) is 2.30. The van der Waals surface area contributed by atoms with E-state index < -0.39 is 11.6 Å². The Morgan fingerprint density at radius 2 is 2.03 bits per heavy atom. The highest BCUT2D eigenvalue weighted by Gasteiger charge is 2.36. The third-order valence-electron chi connectivity index (χ3n) is 5.55. The zero-order chi connectivity index (χ0) is 21.7. The quantitative estimate of drug-likeness (QED) is 0.487. The van der Waals surface area contributed by atoms with Crippen molar-refractivity contribution in [1.82, 2.24) is 29.7 Å². The van der Waals surface area contributed by atoms with Crippen LogP contribution in [-0.4, -0.2) is 42.1 Å². The summed E-state index contributed by atoms with van der Waals surface area (Å²) in [5, 5.41) is 14.5. The lowest BCUT2D eigenvalue weighted by Crippen LogP contribution is -2.40. The first-order chi connectivity index (χ1) is 14.9. The van der Waals surface area contributed by atoms with Crippen LogP contribution >= 0.6 is 11.3 Å². The Bertz CT molecular complexity index is 1280. The van der Waals surface area contributed by atoms with Crippen molar-refractivity contribution in [2.45, 2.75) is 18.9 Å². The molecule has 31 heavy (non-hydrogen) atoms. The van der Waals surface area contributed by atoms with Gasteiger partial charge in [0.15, 0.2) is 11.5 Å². The zero-order valence-electron chi connectivity index (χ0n) is 16.7. The fourth-order valence-corrected chi connectivity index (χ4v) is 5.02. The van der Waals surface area contributed by atoms with Crippen LogP contribution in [0.1, 0.15) is 45.4 Å². The number of nitrogens with zero attached hydrogens (tertiary/aromatic N) is 6. The van der Waals surface area contributed by atoms with Crippen molar-refractivity contribution >= 4 is 17.2 Å². The molecule has 0 bridgehead atoms.